The number of nitrogens with one attached hydrogen (secondary N) is 2. The molecule has 2 N–H and O–H groups in total. The minimum absolute atomic E-state index is 0.467. The smallest absolute Gasteiger partial charge is 0.298 e. The molecule has 1 heterocycles. The third-order valence-corrected chi connectivity index (χ3v) is 1.38. The summed E-state index contributed by atoms with van der Waals surface area (Å²) in [5.41, 5.74) is 0.960. The molecule has 1 aromatic heterocycles. The fourth-order valence-corrected chi connectivity index (χ4v) is 0.759. The summed E-state index contributed by atoms with van der Waals surface area (Å²) in [6.07, 6.45) is 5.71. The lowest BCUT2D eigenvalue weighted by Crippen LogP contribution is -2.07. The monoisotopic (exact) mass is 163 g/mol. The van der Waals surface area contributed by atoms with Gasteiger partial charge in [0.15, 0.2) is 5.82 Å². The molecule has 12 heavy (non-hydrogen) atoms. The number of rotatable bonds is 2. The Morgan fingerprint density at radius 3 is 3.17 bits per heavy atom. The van der Waals surface area contributed by atoms with Gasteiger partial charge in [0.1, 0.15) is 0 Å². The van der Waals surface area contributed by atoms with Crippen LogP contribution >= 0.6 is 0 Å². The average Bonchev–Trinajstić information content (AvgIpc) is 2.52. The molecule has 0 aliphatic rings. The number of nitrogens with zero attached hydrogens (tertiary/aromatic N) is 1. The van der Waals surface area contributed by atoms with Gasteiger partial charge in [-0.3, -0.25) is 15.2 Å². The van der Waals surface area contributed by atoms with E-state index in [-0.39, 0.29) is 0 Å². The first kappa shape index (κ1) is 8.34. The van der Waals surface area contributed by atoms with Crippen molar-refractivity contribution in [2.24, 2.45) is 0 Å². The molecule has 0 saturated carbocycles. The summed E-state index contributed by atoms with van der Waals surface area (Å²) >= 11 is 0. The summed E-state index contributed by atoms with van der Waals surface area (Å²) in [4.78, 5) is 10.7. The number of aromatic amines is 1. The minimum Gasteiger partial charge on any atom is -0.298 e. The van der Waals surface area contributed by atoms with Crippen LogP contribution in [0.25, 0.3) is 0 Å². The zero-order valence-corrected chi connectivity index (χ0v) is 6.72. The molecular formula is C8H9N3O. The van der Waals surface area contributed by atoms with Crippen LogP contribution in [0, 0.1) is 12.3 Å². The van der Waals surface area contributed by atoms with Gasteiger partial charge in [0.25, 0.3) is 0 Å². The molecule has 0 spiro atoms. The van der Waals surface area contributed by atoms with Crippen LogP contribution in [0.4, 0.5) is 5.82 Å². The van der Waals surface area contributed by atoms with E-state index in [9.17, 15) is 4.79 Å². The van der Waals surface area contributed by atoms with Gasteiger partial charge in [-0.1, -0.05) is 6.92 Å². The molecule has 1 aromatic rings. The van der Waals surface area contributed by atoms with Crippen LogP contribution < -0.4 is 5.32 Å². The van der Waals surface area contributed by atoms with Gasteiger partial charge in [-0.05, 0) is 12.3 Å². The second-order valence-electron chi connectivity index (χ2n) is 2.23. The molecule has 0 aliphatic heterocycles. The number of carbonyl (C=O) groups excluding carboxylic acids is 1. The van der Waals surface area contributed by atoms with Gasteiger partial charge in [0.05, 0.1) is 0 Å². The van der Waals surface area contributed by atoms with E-state index < -0.39 is 5.91 Å². The quantitative estimate of drug-likeness (QED) is 0.625. The van der Waals surface area contributed by atoms with Crippen LogP contribution in [0.2, 0.25) is 0 Å². The Labute approximate surface area is 70.4 Å². The summed E-state index contributed by atoms with van der Waals surface area (Å²) < 4.78 is 0. The molecule has 1 rings (SSSR count). The first-order valence-corrected chi connectivity index (χ1v) is 3.58. The number of H-pyrrole nitrogens is 1. The maximum Gasteiger partial charge on any atom is 0.301 e. The van der Waals surface area contributed by atoms with Crippen molar-refractivity contribution in [3.63, 3.8) is 0 Å². The van der Waals surface area contributed by atoms with Crippen molar-refractivity contribution in [2.75, 3.05) is 5.32 Å². The van der Waals surface area contributed by atoms with Crippen molar-refractivity contribution < 1.29 is 4.79 Å². The number of aryl methyl sites for hydroxylation is 1. The number of hydrogen-bond acceptors (Lipinski definition) is 2. The third-order valence-electron chi connectivity index (χ3n) is 1.38. The van der Waals surface area contributed by atoms with E-state index in [1.54, 1.807) is 6.07 Å². The highest BCUT2D eigenvalue weighted by Crippen LogP contribution is 2.04. The van der Waals surface area contributed by atoms with Crippen LogP contribution in [-0.2, 0) is 11.2 Å². The Bertz CT molecular complexity index is 321. The maximum absolute atomic E-state index is 10.7. The molecule has 62 valence electrons. The number of anilines is 1. The summed E-state index contributed by atoms with van der Waals surface area (Å²) in [6, 6.07) is 1.75. The number of carbonyl (C=O) groups is 1. The summed E-state index contributed by atoms with van der Waals surface area (Å²) in [7, 11) is 0. The third kappa shape index (κ3) is 1.86. The van der Waals surface area contributed by atoms with Crippen molar-refractivity contribution in [1.82, 2.24) is 10.2 Å². The first-order valence-electron chi connectivity index (χ1n) is 3.58. The van der Waals surface area contributed by atoms with E-state index in [0.717, 1.165) is 12.1 Å². The van der Waals surface area contributed by atoms with E-state index in [1.165, 1.54) is 0 Å². The normalized spacial score (nSPS) is 9.00. The molecule has 0 atom stereocenters. The second kappa shape index (κ2) is 3.58. The summed E-state index contributed by atoms with van der Waals surface area (Å²) in [5, 5.41) is 9.00. The van der Waals surface area contributed by atoms with E-state index in [0.29, 0.717) is 5.82 Å². The van der Waals surface area contributed by atoms with E-state index in [4.69, 9.17) is 6.42 Å². The number of amides is 1. The Kier molecular flexibility index (Phi) is 2.49. The summed E-state index contributed by atoms with van der Waals surface area (Å²) in [6.45, 7) is 1.99. The highest BCUT2D eigenvalue weighted by molar-refractivity contribution is 6.02. The van der Waals surface area contributed by atoms with E-state index in [2.05, 4.69) is 15.5 Å². The number of aromatic nitrogens is 2. The van der Waals surface area contributed by atoms with Crippen molar-refractivity contribution in [1.29, 1.82) is 0 Å². The Morgan fingerprint density at radius 2 is 2.67 bits per heavy atom. The van der Waals surface area contributed by atoms with Gasteiger partial charge in [-0.25, -0.2) is 0 Å². The molecule has 4 nitrogen and oxygen atoms in total. The Balaban J connectivity index is 2.65. The van der Waals surface area contributed by atoms with Gasteiger partial charge >= 0.3 is 5.91 Å². The predicted molar refractivity (Wildman–Crippen MR) is 45.4 cm³/mol. The molecule has 0 bridgehead atoms. The van der Waals surface area contributed by atoms with Crippen LogP contribution in [0.3, 0.4) is 0 Å². The topological polar surface area (TPSA) is 57.8 Å². The lowest BCUT2D eigenvalue weighted by Gasteiger charge is -1.90. The Hall–Kier alpha value is -1.76. The first-order chi connectivity index (χ1) is 5.76. The van der Waals surface area contributed by atoms with Crippen LogP contribution in [0.15, 0.2) is 6.07 Å². The van der Waals surface area contributed by atoms with Gasteiger partial charge < -0.3 is 0 Å². The molecule has 0 radical (unpaired) electrons. The molecule has 0 aliphatic carbocycles. The Morgan fingerprint density at radius 1 is 1.92 bits per heavy atom. The minimum atomic E-state index is -0.482. The molecule has 1 amide bonds. The molecular weight excluding hydrogens is 154 g/mol. The number of hydrogen-bond donors (Lipinski definition) is 2. The molecule has 0 unspecified atom stereocenters. The molecule has 4 heteroatoms. The SMILES string of the molecule is C#CC(=O)Nc1cc(CC)[nH]n1. The lowest BCUT2D eigenvalue weighted by molar-refractivity contribution is -0.111. The molecule has 0 aromatic carbocycles. The molecule has 0 fully saturated rings. The second-order valence-corrected chi connectivity index (χ2v) is 2.23. The van der Waals surface area contributed by atoms with Crippen molar-refractivity contribution >= 4 is 11.7 Å². The van der Waals surface area contributed by atoms with Gasteiger partial charge in [-0.15, -0.1) is 6.42 Å². The zero-order valence-electron chi connectivity index (χ0n) is 6.72. The largest absolute Gasteiger partial charge is 0.301 e. The van der Waals surface area contributed by atoms with Gasteiger partial charge in [0.2, 0.25) is 0 Å². The average molecular weight is 163 g/mol. The number of terminal acetylenes is 1. The van der Waals surface area contributed by atoms with Crippen molar-refractivity contribution in [3.8, 4) is 12.3 Å². The fourth-order valence-electron chi connectivity index (χ4n) is 0.759. The lowest BCUT2D eigenvalue weighted by atomic mass is 10.3. The van der Waals surface area contributed by atoms with Gasteiger partial charge in [-0.2, -0.15) is 5.10 Å². The van der Waals surface area contributed by atoms with Gasteiger partial charge in [0, 0.05) is 11.8 Å². The van der Waals surface area contributed by atoms with Crippen LogP contribution in [0.5, 0.6) is 0 Å². The fraction of sp³-hybridized carbons (Fsp3) is 0.250. The van der Waals surface area contributed by atoms with Crippen LogP contribution in [0.1, 0.15) is 12.6 Å². The van der Waals surface area contributed by atoms with Crippen LogP contribution in [-0.4, -0.2) is 16.1 Å². The zero-order chi connectivity index (χ0) is 8.97. The summed E-state index contributed by atoms with van der Waals surface area (Å²) in [5.74, 6) is 1.92. The molecule has 0 saturated heterocycles. The maximum atomic E-state index is 10.7. The standard InChI is InChI=1S/C8H9N3O/c1-3-6-5-7(11-10-6)9-8(12)4-2/h2,5H,3H2,1H3,(H2,9,10,11,12). The highest BCUT2D eigenvalue weighted by Gasteiger charge is 2.01. The van der Waals surface area contributed by atoms with E-state index in [1.807, 2.05) is 12.8 Å². The van der Waals surface area contributed by atoms with Crippen molar-refractivity contribution in [3.05, 3.63) is 11.8 Å². The predicted octanol–water partition coefficient (Wildman–Crippen LogP) is 0.544. The van der Waals surface area contributed by atoms with Crippen molar-refractivity contribution in [2.45, 2.75) is 13.3 Å². The van der Waals surface area contributed by atoms with E-state index >= 15 is 0 Å². The highest BCUT2D eigenvalue weighted by atomic mass is 16.1.